The highest BCUT2D eigenvalue weighted by Crippen LogP contribution is 2.13. The first-order valence-electron chi connectivity index (χ1n) is 5.55. The zero-order chi connectivity index (χ0) is 10.4. The van der Waals surface area contributed by atoms with E-state index in [0.29, 0.717) is 17.4 Å². The Hall–Kier alpha value is -0.0900. The zero-order valence-electron chi connectivity index (χ0n) is 8.96. The molecule has 84 valence electrons. The van der Waals surface area contributed by atoms with Crippen LogP contribution in [-0.2, 0) is 9.84 Å². The molecule has 0 aromatic carbocycles. The Labute approximate surface area is 87.2 Å². The molecular formula is C10H21NO2S. The second-order valence-electron chi connectivity index (χ2n) is 4.18. The molecule has 3 nitrogen and oxygen atoms in total. The van der Waals surface area contributed by atoms with E-state index in [1.54, 1.807) is 0 Å². The summed E-state index contributed by atoms with van der Waals surface area (Å²) >= 11 is 0. The summed E-state index contributed by atoms with van der Waals surface area (Å²) in [5.41, 5.74) is 0. The van der Waals surface area contributed by atoms with Gasteiger partial charge in [-0.25, -0.2) is 8.42 Å². The highest BCUT2D eigenvalue weighted by Gasteiger charge is 2.20. The second kappa shape index (κ2) is 5.71. The molecule has 1 fully saturated rings. The number of nitrogens with one attached hydrogen (secondary N) is 1. The summed E-state index contributed by atoms with van der Waals surface area (Å²) in [4.78, 5) is 0. The summed E-state index contributed by atoms with van der Waals surface area (Å²) in [6.45, 7) is 3.95. The Balaban J connectivity index is 2.33. The van der Waals surface area contributed by atoms with Crippen LogP contribution in [0, 0.1) is 5.92 Å². The van der Waals surface area contributed by atoms with Gasteiger partial charge in [0.25, 0.3) is 0 Å². The fraction of sp³-hybridized carbons (Fsp3) is 1.00. The zero-order valence-corrected chi connectivity index (χ0v) is 9.78. The van der Waals surface area contributed by atoms with Crippen molar-refractivity contribution in [1.29, 1.82) is 0 Å². The molecule has 0 spiro atoms. The van der Waals surface area contributed by atoms with Crippen molar-refractivity contribution in [3.05, 3.63) is 0 Å². The first-order chi connectivity index (χ1) is 6.64. The molecule has 1 atom stereocenters. The van der Waals surface area contributed by atoms with Crippen LogP contribution in [0.1, 0.15) is 32.6 Å². The third kappa shape index (κ3) is 4.42. The summed E-state index contributed by atoms with van der Waals surface area (Å²) in [6, 6.07) is 0. The molecule has 1 unspecified atom stereocenters. The lowest BCUT2D eigenvalue weighted by atomic mass is 10.0. The predicted molar refractivity (Wildman–Crippen MR) is 59.2 cm³/mol. The lowest BCUT2D eigenvalue weighted by Crippen LogP contribution is -2.34. The van der Waals surface area contributed by atoms with Crippen molar-refractivity contribution in [3.8, 4) is 0 Å². The van der Waals surface area contributed by atoms with Crippen molar-refractivity contribution in [3.63, 3.8) is 0 Å². The van der Waals surface area contributed by atoms with Crippen molar-refractivity contribution >= 4 is 9.84 Å². The number of piperidine rings is 1. The normalized spacial score (nSPS) is 23.6. The van der Waals surface area contributed by atoms with Crippen LogP contribution in [0.15, 0.2) is 0 Å². The van der Waals surface area contributed by atoms with E-state index >= 15 is 0 Å². The molecule has 1 saturated heterocycles. The molecule has 1 aliphatic heterocycles. The van der Waals surface area contributed by atoms with Gasteiger partial charge in [0.05, 0.1) is 11.5 Å². The molecule has 4 heteroatoms. The fourth-order valence-electron chi connectivity index (χ4n) is 1.87. The van der Waals surface area contributed by atoms with E-state index < -0.39 is 9.84 Å². The van der Waals surface area contributed by atoms with Gasteiger partial charge in [-0.15, -0.1) is 0 Å². The van der Waals surface area contributed by atoms with E-state index in [9.17, 15) is 8.42 Å². The molecule has 1 N–H and O–H groups in total. The van der Waals surface area contributed by atoms with Crippen LogP contribution < -0.4 is 5.32 Å². The molecule has 0 bridgehead atoms. The average molecular weight is 219 g/mol. The van der Waals surface area contributed by atoms with E-state index in [1.165, 1.54) is 0 Å². The average Bonchev–Trinajstić information content (AvgIpc) is 2.16. The molecule has 1 aliphatic rings. The standard InChI is InChI=1S/C10H21NO2S/c1-2-3-7-14(12,13)9-10-5-4-6-11-8-10/h10-11H,2-9H2,1H3. The maximum absolute atomic E-state index is 11.6. The lowest BCUT2D eigenvalue weighted by Gasteiger charge is -2.22. The monoisotopic (exact) mass is 219 g/mol. The summed E-state index contributed by atoms with van der Waals surface area (Å²) in [6.07, 6.45) is 3.96. The van der Waals surface area contributed by atoms with Gasteiger partial charge in [-0.05, 0) is 38.3 Å². The summed E-state index contributed by atoms with van der Waals surface area (Å²) in [5.74, 6) is 1.12. The Morgan fingerprint density at radius 3 is 2.79 bits per heavy atom. The van der Waals surface area contributed by atoms with Gasteiger partial charge >= 0.3 is 0 Å². The van der Waals surface area contributed by atoms with Gasteiger partial charge in [0, 0.05) is 0 Å². The quantitative estimate of drug-likeness (QED) is 0.756. The molecule has 0 saturated carbocycles. The molecule has 0 aromatic heterocycles. The number of unbranched alkanes of at least 4 members (excludes halogenated alkanes) is 1. The smallest absolute Gasteiger partial charge is 0.150 e. The van der Waals surface area contributed by atoms with Crippen LogP contribution in [0.3, 0.4) is 0 Å². The Bertz CT molecular complexity index is 243. The molecule has 14 heavy (non-hydrogen) atoms. The maximum Gasteiger partial charge on any atom is 0.150 e. The van der Waals surface area contributed by atoms with E-state index in [4.69, 9.17) is 0 Å². The summed E-state index contributed by atoms with van der Waals surface area (Å²) in [7, 11) is -2.78. The Morgan fingerprint density at radius 2 is 2.21 bits per heavy atom. The highest BCUT2D eigenvalue weighted by molar-refractivity contribution is 7.91. The van der Waals surface area contributed by atoms with Gasteiger partial charge in [0.2, 0.25) is 0 Å². The first kappa shape index (κ1) is 12.0. The van der Waals surface area contributed by atoms with Gasteiger partial charge in [-0.2, -0.15) is 0 Å². The van der Waals surface area contributed by atoms with E-state index in [-0.39, 0.29) is 0 Å². The van der Waals surface area contributed by atoms with Crippen molar-refractivity contribution in [2.75, 3.05) is 24.6 Å². The van der Waals surface area contributed by atoms with E-state index in [0.717, 1.165) is 38.8 Å². The Kier molecular flexibility index (Phi) is 4.89. The Morgan fingerprint density at radius 1 is 1.43 bits per heavy atom. The lowest BCUT2D eigenvalue weighted by molar-refractivity contribution is 0.404. The molecule has 0 amide bonds. The van der Waals surface area contributed by atoms with E-state index in [1.807, 2.05) is 6.92 Å². The number of hydrogen-bond acceptors (Lipinski definition) is 3. The minimum absolute atomic E-state index is 0.352. The van der Waals surface area contributed by atoms with Crippen molar-refractivity contribution < 1.29 is 8.42 Å². The van der Waals surface area contributed by atoms with Crippen LogP contribution in [0.2, 0.25) is 0 Å². The topological polar surface area (TPSA) is 46.2 Å². The molecule has 0 aromatic rings. The van der Waals surface area contributed by atoms with Gasteiger partial charge in [0.1, 0.15) is 0 Å². The van der Waals surface area contributed by atoms with Gasteiger partial charge in [-0.1, -0.05) is 13.3 Å². The van der Waals surface area contributed by atoms with Crippen LogP contribution in [-0.4, -0.2) is 33.0 Å². The van der Waals surface area contributed by atoms with Crippen molar-refractivity contribution in [1.82, 2.24) is 5.32 Å². The molecule has 1 rings (SSSR count). The number of sulfone groups is 1. The number of hydrogen-bond donors (Lipinski definition) is 1. The minimum Gasteiger partial charge on any atom is -0.316 e. The SMILES string of the molecule is CCCCS(=O)(=O)CC1CCCNC1. The molecular weight excluding hydrogens is 198 g/mol. The predicted octanol–water partition coefficient (Wildman–Crippen LogP) is 1.20. The van der Waals surface area contributed by atoms with Gasteiger partial charge in [0.15, 0.2) is 9.84 Å². The maximum atomic E-state index is 11.6. The van der Waals surface area contributed by atoms with Gasteiger partial charge in [-0.3, -0.25) is 0 Å². The van der Waals surface area contributed by atoms with Gasteiger partial charge < -0.3 is 5.32 Å². The minimum atomic E-state index is -2.78. The summed E-state index contributed by atoms with van der Waals surface area (Å²) in [5, 5.41) is 3.25. The van der Waals surface area contributed by atoms with Crippen molar-refractivity contribution in [2.24, 2.45) is 5.92 Å². The number of rotatable bonds is 5. The van der Waals surface area contributed by atoms with E-state index in [2.05, 4.69) is 5.32 Å². The van der Waals surface area contributed by atoms with Crippen LogP contribution in [0.5, 0.6) is 0 Å². The van der Waals surface area contributed by atoms with Crippen LogP contribution in [0.25, 0.3) is 0 Å². The highest BCUT2D eigenvalue weighted by atomic mass is 32.2. The third-order valence-electron chi connectivity index (χ3n) is 2.70. The molecule has 0 aliphatic carbocycles. The third-order valence-corrected chi connectivity index (χ3v) is 4.59. The molecule has 1 heterocycles. The van der Waals surface area contributed by atoms with Crippen molar-refractivity contribution in [2.45, 2.75) is 32.6 Å². The summed E-state index contributed by atoms with van der Waals surface area (Å²) < 4.78 is 23.3. The fourth-order valence-corrected chi connectivity index (χ4v) is 3.77. The molecule has 0 radical (unpaired) electrons. The largest absolute Gasteiger partial charge is 0.316 e. The van der Waals surface area contributed by atoms with Crippen LogP contribution >= 0.6 is 0 Å². The van der Waals surface area contributed by atoms with Crippen LogP contribution in [0.4, 0.5) is 0 Å². The second-order valence-corrected chi connectivity index (χ2v) is 6.41. The first-order valence-corrected chi connectivity index (χ1v) is 7.37.